The standard InChI is InChI=1S/C23H27N3O4S/c1-27-18-8-6-15(12-20(18)29-3)10-11-24-22-14-17(25-23(26-22)31-5)16-7-9-19(28-2)21(13-16)30-4/h6-9,12-14H,10-11H2,1-5H3,(H,24,25,26). The first-order valence-corrected chi connectivity index (χ1v) is 10.9. The van der Waals surface area contributed by atoms with E-state index in [4.69, 9.17) is 18.9 Å². The van der Waals surface area contributed by atoms with Crippen molar-refractivity contribution >= 4 is 17.6 Å². The van der Waals surface area contributed by atoms with E-state index in [1.807, 2.05) is 48.7 Å². The zero-order chi connectivity index (χ0) is 22.2. The van der Waals surface area contributed by atoms with E-state index in [1.54, 1.807) is 28.4 Å². The molecule has 7 nitrogen and oxygen atoms in total. The number of anilines is 1. The van der Waals surface area contributed by atoms with Crippen LogP contribution in [0.15, 0.2) is 47.6 Å². The Kier molecular flexibility index (Phi) is 7.83. The molecule has 0 aliphatic heterocycles. The molecule has 0 amide bonds. The second-order valence-electron chi connectivity index (χ2n) is 6.56. The molecule has 1 aromatic heterocycles. The number of rotatable bonds is 10. The van der Waals surface area contributed by atoms with Gasteiger partial charge in [0, 0.05) is 18.2 Å². The third-order valence-corrected chi connectivity index (χ3v) is 5.28. The molecule has 0 saturated heterocycles. The Hall–Kier alpha value is -3.13. The predicted molar refractivity (Wildman–Crippen MR) is 124 cm³/mol. The molecule has 0 saturated carbocycles. The molecule has 1 heterocycles. The van der Waals surface area contributed by atoms with Gasteiger partial charge in [-0.1, -0.05) is 17.8 Å². The molecule has 2 aromatic carbocycles. The van der Waals surface area contributed by atoms with E-state index in [9.17, 15) is 0 Å². The first kappa shape index (κ1) is 22.6. The van der Waals surface area contributed by atoms with E-state index in [-0.39, 0.29) is 0 Å². The highest BCUT2D eigenvalue weighted by Crippen LogP contribution is 2.33. The molecule has 164 valence electrons. The fourth-order valence-electron chi connectivity index (χ4n) is 3.12. The quantitative estimate of drug-likeness (QED) is 0.363. The van der Waals surface area contributed by atoms with Gasteiger partial charge in [-0.05, 0) is 48.6 Å². The molecule has 31 heavy (non-hydrogen) atoms. The van der Waals surface area contributed by atoms with Crippen molar-refractivity contribution in [2.45, 2.75) is 11.6 Å². The fraction of sp³-hybridized carbons (Fsp3) is 0.304. The Bertz CT molecular complexity index is 1030. The van der Waals surface area contributed by atoms with Crippen LogP contribution in [0.5, 0.6) is 23.0 Å². The number of benzene rings is 2. The summed E-state index contributed by atoms with van der Waals surface area (Å²) in [6.07, 6.45) is 2.77. The highest BCUT2D eigenvalue weighted by molar-refractivity contribution is 7.98. The number of methoxy groups -OCH3 is 4. The second-order valence-corrected chi connectivity index (χ2v) is 7.33. The minimum atomic E-state index is 0.660. The molecule has 1 N–H and O–H groups in total. The highest BCUT2D eigenvalue weighted by Gasteiger charge is 2.11. The Morgan fingerprint density at radius 2 is 1.42 bits per heavy atom. The minimum absolute atomic E-state index is 0.660. The number of aromatic nitrogens is 2. The average molecular weight is 442 g/mol. The van der Waals surface area contributed by atoms with Crippen molar-refractivity contribution in [1.82, 2.24) is 9.97 Å². The second kappa shape index (κ2) is 10.8. The van der Waals surface area contributed by atoms with Crippen LogP contribution in [0.25, 0.3) is 11.3 Å². The molecule has 0 aliphatic rings. The van der Waals surface area contributed by atoms with E-state index >= 15 is 0 Å². The van der Waals surface area contributed by atoms with Gasteiger partial charge in [-0.25, -0.2) is 9.97 Å². The van der Waals surface area contributed by atoms with Crippen LogP contribution >= 0.6 is 11.8 Å². The number of hydrogen-bond donors (Lipinski definition) is 1. The lowest BCUT2D eigenvalue weighted by atomic mass is 10.1. The van der Waals surface area contributed by atoms with Gasteiger partial charge in [0.2, 0.25) is 0 Å². The molecule has 0 radical (unpaired) electrons. The number of nitrogens with one attached hydrogen (secondary N) is 1. The molecule has 0 bridgehead atoms. The summed E-state index contributed by atoms with van der Waals surface area (Å²) in [4.78, 5) is 9.23. The molecule has 3 rings (SSSR count). The summed E-state index contributed by atoms with van der Waals surface area (Å²) in [7, 11) is 6.51. The van der Waals surface area contributed by atoms with Crippen LogP contribution in [0.2, 0.25) is 0 Å². The van der Waals surface area contributed by atoms with E-state index in [0.29, 0.717) is 23.2 Å². The first-order chi connectivity index (χ1) is 15.1. The van der Waals surface area contributed by atoms with E-state index in [1.165, 1.54) is 11.8 Å². The number of nitrogens with zero attached hydrogens (tertiary/aromatic N) is 2. The molecular formula is C23H27N3O4S. The van der Waals surface area contributed by atoms with Gasteiger partial charge in [-0.3, -0.25) is 0 Å². The van der Waals surface area contributed by atoms with Gasteiger partial charge < -0.3 is 24.3 Å². The Labute approximate surface area is 187 Å². The molecule has 3 aromatic rings. The maximum Gasteiger partial charge on any atom is 0.189 e. The maximum atomic E-state index is 5.43. The summed E-state index contributed by atoms with van der Waals surface area (Å²) >= 11 is 1.50. The van der Waals surface area contributed by atoms with Crippen molar-refractivity contribution in [2.75, 3.05) is 46.6 Å². The normalized spacial score (nSPS) is 10.5. The van der Waals surface area contributed by atoms with Crippen molar-refractivity contribution in [1.29, 1.82) is 0 Å². The zero-order valence-corrected chi connectivity index (χ0v) is 19.2. The summed E-state index contributed by atoms with van der Waals surface area (Å²) in [6.45, 7) is 0.714. The van der Waals surface area contributed by atoms with E-state index in [0.717, 1.165) is 40.6 Å². The van der Waals surface area contributed by atoms with Gasteiger partial charge in [0.15, 0.2) is 28.2 Å². The van der Waals surface area contributed by atoms with Gasteiger partial charge in [-0.2, -0.15) is 0 Å². The SMILES string of the molecule is COc1ccc(CCNc2cc(-c3ccc(OC)c(OC)c3)nc(SC)n2)cc1OC. The number of hydrogen-bond acceptors (Lipinski definition) is 8. The van der Waals surface area contributed by atoms with Crippen molar-refractivity contribution in [3.63, 3.8) is 0 Å². The Morgan fingerprint density at radius 1 is 0.774 bits per heavy atom. The van der Waals surface area contributed by atoms with Crippen LogP contribution in [0.4, 0.5) is 5.82 Å². The van der Waals surface area contributed by atoms with Gasteiger partial charge in [-0.15, -0.1) is 0 Å². The van der Waals surface area contributed by atoms with Gasteiger partial charge in [0.1, 0.15) is 5.82 Å². The smallest absolute Gasteiger partial charge is 0.189 e. The molecule has 8 heteroatoms. The zero-order valence-electron chi connectivity index (χ0n) is 18.4. The average Bonchev–Trinajstić information content (AvgIpc) is 2.83. The van der Waals surface area contributed by atoms with Crippen LogP contribution in [-0.2, 0) is 6.42 Å². The van der Waals surface area contributed by atoms with Gasteiger partial charge in [0.25, 0.3) is 0 Å². The van der Waals surface area contributed by atoms with Crippen LogP contribution in [0.1, 0.15) is 5.56 Å². The molecule has 0 unspecified atom stereocenters. The topological polar surface area (TPSA) is 74.7 Å². The lowest BCUT2D eigenvalue weighted by Crippen LogP contribution is -2.08. The maximum absolute atomic E-state index is 5.43. The van der Waals surface area contributed by atoms with Gasteiger partial charge >= 0.3 is 0 Å². The Morgan fingerprint density at radius 3 is 2.06 bits per heavy atom. The van der Waals surface area contributed by atoms with Crippen LogP contribution in [-0.4, -0.2) is 51.2 Å². The highest BCUT2D eigenvalue weighted by atomic mass is 32.2. The predicted octanol–water partition coefficient (Wildman–Crippen LogP) is 4.55. The molecular weight excluding hydrogens is 414 g/mol. The third-order valence-electron chi connectivity index (χ3n) is 4.74. The fourth-order valence-corrected chi connectivity index (χ4v) is 3.50. The lowest BCUT2D eigenvalue weighted by Gasteiger charge is -2.12. The molecule has 0 fully saturated rings. The Balaban J connectivity index is 1.77. The van der Waals surface area contributed by atoms with Crippen LogP contribution in [0.3, 0.4) is 0 Å². The summed E-state index contributed by atoms with van der Waals surface area (Å²) in [5.41, 5.74) is 2.89. The first-order valence-electron chi connectivity index (χ1n) is 9.72. The van der Waals surface area contributed by atoms with Crippen molar-refractivity contribution in [3.05, 3.63) is 48.0 Å². The molecule has 0 aliphatic carbocycles. The number of ether oxygens (including phenoxy) is 4. The largest absolute Gasteiger partial charge is 0.493 e. The summed E-state index contributed by atoms with van der Waals surface area (Å²) in [5.74, 6) is 3.55. The monoisotopic (exact) mass is 441 g/mol. The van der Waals surface area contributed by atoms with Crippen LogP contribution < -0.4 is 24.3 Å². The van der Waals surface area contributed by atoms with E-state index in [2.05, 4.69) is 15.3 Å². The number of thioether (sulfide) groups is 1. The van der Waals surface area contributed by atoms with Gasteiger partial charge in [0.05, 0.1) is 34.1 Å². The summed E-state index contributed by atoms with van der Waals surface area (Å²) < 4.78 is 21.4. The van der Waals surface area contributed by atoms with Crippen molar-refractivity contribution < 1.29 is 18.9 Å². The third kappa shape index (κ3) is 5.52. The minimum Gasteiger partial charge on any atom is -0.493 e. The van der Waals surface area contributed by atoms with Crippen molar-refractivity contribution in [3.8, 4) is 34.3 Å². The summed E-state index contributed by atoms with van der Waals surface area (Å²) in [5, 5.41) is 4.10. The van der Waals surface area contributed by atoms with Crippen LogP contribution in [0, 0.1) is 0 Å². The summed E-state index contributed by atoms with van der Waals surface area (Å²) in [6, 6.07) is 13.6. The lowest BCUT2D eigenvalue weighted by molar-refractivity contribution is 0.354. The molecule has 0 atom stereocenters. The van der Waals surface area contributed by atoms with Crippen molar-refractivity contribution in [2.24, 2.45) is 0 Å². The van der Waals surface area contributed by atoms with E-state index < -0.39 is 0 Å². The molecule has 0 spiro atoms.